The summed E-state index contributed by atoms with van der Waals surface area (Å²) in [5, 5.41) is 4.65. The summed E-state index contributed by atoms with van der Waals surface area (Å²) in [4.78, 5) is 24.5. The molecule has 33 heavy (non-hydrogen) atoms. The number of hydrogen-bond donors (Lipinski definition) is 1. The smallest absolute Gasteiger partial charge is 0.379 e. The Morgan fingerprint density at radius 3 is 2.36 bits per heavy atom. The van der Waals surface area contributed by atoms with Gasteiger partial charge in [-0.2, -0.15) is 5.10 Å². The average Bonchev–Trinajstić information content (AvgIpc) is 3.13. The van der Waals surface area contributed by atoms with Crippen LogP contribution in [0.2, 0.25) is 0 Å². The van der Waals surface area contributed by atoms with Crippen LogP contribution in [-0.2, 0) is 11.2 Å². The zero-order chi connectivity index (χ0) is 23.6. The fourth-order valence-corrected chi connectivity index (χ4v) is 3.98. The van der Waals surface area contributed by atoms with E-state index < -0.39 is 11.9 Å². The van der Waals surface area contributed by atoms with Crippen LogP contribution >= 0.6 is 0 Å². The molecule has 1 aliphatic rings. The van der Waals surface area contributed by atoms with Crippen molar-refractivity contribution in [2.45, 2.75) is 33.6 Å². The maximum atomic E-state index is 12.9. The number of ether oxygens (including phenoxy) is 2. The molecule has 2 aromatic carbocycles. The second-order valence-electron chi connectivity index (χ2n) is 8.81. The molecule has 7 heteroatoms. The maximum Gasteiger partial charge on any atom is 0.379 e. The van der Waals surface area contributed by atoms with Crippen LogP contribution in [0.3, 0.4) is 0 Å². The van der Waals surface area contributed by atoms with E-state index in [1.54, 1.807) is 12.1 Å². The highest BCUT2D eigenvalue weighted by Gasteiger charge is 2.36. The molecule has 1 aromatic heterocycles. The van der Waals surface area contributed by atoms with Crippen molar-refractivity contribution >= 4 is 23.3 Å². The quantitative estimate of drug-likeness (QED) is 0.321. The van der Waals surface area contributed by atoms with Gasteiger partial charge in [-0.05, 0) is 55.2 Å². The standard InChI is InChI=1S/C26H26N2O5/c1-16-22-20(28-27-18-8-6-5-7-9-18)14-26(2,3)15-21(22)33-23(16)25(30)32-19-12-10-17(11-13-19)24(29)31-4/h5-13,27H,14-15H2,1-4H3/b28-20-. The molecular formula is C26H26N2O5. The van der Waals surface area contributed by atoms with Crippen molar-refractivity contribution in [1.82, 2.24) is 0 Å². The molecule has 4 rings (SSSR count). The Balaban J connectivity index is 1.60. The molecule has 0 aliphatic heterocycles. The summed E-state index contributed by atoms with van der Waals surface area (Å²) >= 11 is 0. The van der Waals surface area contributed by atoms with Crippen molar-refractivity contribution in [2.75, 3.05) is 12.5 Å². The summed E-state index contributed by atoms with van der Waals surface area (Å²) < 4.78 is 16.2. The third-order valence-corrected chi connectivity index (χ3v) is 5.56. The predicted octanol–water partition coefficient (Wildman–Crippen LogP) is 5.38. The highest BCUT2D eigenvalue weighted by atomic mass is 16.5. The van der Waals surface area contributed by atoms with Crippen LogP contribution in [0.15, 0.2) is 64.1 Å². The molecule has 0 saturated carbocycles. The number of nitrogens with one attached hydrogen (secondary N) is 1. The molecule has 3 aromatic rings. The number of esters is 2. The van der Waals surface area contributed by atoms with E-state index >= 15 is 0 Å². The lowest BCUT2D eigenvalue weighted by Gasteiger charge is -2.29. The van der Waals surface area contributed by atoms with Gasteiger partial charge in [0.2, 0.25) is 5.76 Å². The molecule has 0 saturated heterocycles. The number of hydrazone groups is 1. The molecule has 0 bridgehead atoms. The predicted molar refractivity (Wildman–Crippen MR) is 125 cm³/mol. The van der Waals surface area contributed by atoms with E-state index in [1.807, 2.05) is 37.3 Å². The van der Waals surface area contributed by atoms with E-state index in [-0.39, 0.29) is 11.2 Å². The second-order valence-corrected chi connectivity index (χ2v) is 8.81. The Hall–Kier alpha value is -3.87. The molecule has 0 atom stereocenters. The van der Waals surface area contributed by atoms with Gasteiger partial charge >= 0.3 is 11.9 Å². The zero-order valence-electron chi connectivity index (χ0n) is 19.1. The molecule has 0 unspecified atom stereocenters. The van der Waals surface area contributed by atoms with Crippen LogP contribution in [0.4, 0.5) is 5.69 Å². The van der Waals surface area contributed by atoms with Gasteiger partial charge in [0, 0.05) is 17.5 Å². The normalized spacial score (nSPS) is 15.6. The number of hydrogen-bond acceptors (Lipinski definition) is 7. The third kappa shape index (κ3) is 4.82. The summed E-state index contributed by atoms with van der Waals surface area (Å²) in [7, 11) is 1.31. The molecule has 1 aliphatic carbocycles. The third-order valence-electron chi connectivity index (χ3n) is 5.56. The maximum absolute atomic E-state index is 12.9. The van der Waals surface area contributed by atoms with Crippen molar-refractivity contribution in [2.24, 2.45) is 10.5 Å². The van der Waals surface area contributed by atoms with Crippen molar-refractivity contribution in [3.8, 4) is 5.75 Å². The highest BCUT2D eigenvalue weighted by molar-refractivity contribution is 6.06. The lowest BCUT2D eigenvalue weighted by atomic mass is 9.75. The van der Waals surface area contributed by atoms with E-state index in [0.29, 0.717) is 23.3 Å². The number of furan rings is 1. The first-order valence-electron chi connectivity index (χ1n) is 10.7. The number of rotatable bonds is 5. The van der Waals surface area contributed by atoms with Crippen molar-refractivity contribution < 1.29 is 23.5 Å². The monoisotopic (exact) mass is 446 g/mol. The Kier molecular flexibility index (Phi) is 6.05. The lowest BCUT2D eigenvalue weighted by molar-refractivity contribution is 0.0600. The molecule has 0 radical (unpaired) electrons. The Morgan fingerprint density at radius 2 is 1.70 bits per heavy atom. The van der Waals surface area contributed by atoms with E-state index in [4.69, 9.17) is 9.15 Å². The van der Waals surface area contributed by atoms with Crippen LogP contribution in [0, 0.1) is 12.3 Å². The number of benzene rings is 2. The summed E-state index contributed by atoms with van der Waals surface area (Å²) in [5.41, 5.74) is 6.68. The molecular weight excluding hydrogens is 420 g/mol. The lowest BCUT2D eigenvalue weighted by Crippen LogP contribution is -2.27. The Bertz CT molecular complexity index is 1210. The summed E-state index contributed by atoms with van der Waals surface area (Å²) in [6.07, 6.45) is 1.43. The second kappa shape index (κ2) is 8.94. The fourth-order valence-electron chi connectivity index (χ4n) is 3.98. The van der Waals surface area contributed by atoms with Gasteiger partial charge in [0.05, 0.1) is 24.1 Å². The van der Waals surface area contributed by atoms with Crippen LogP contribution < -0.4 is 10.2 Å². The Morgan fingerprint density at radius 1 is 1.00 bits per heavy atom. The van der Waals surface area contributed by atoms with Gasteiger partial charge in [-0.3, -0.25) is 5.43 Å². The van der Waals surface area contributed by atoms with Gasteiger partial charge < -0.3 is 13.9 Å². The first-order valence-corrected chi connectivity index (χ1v) is 10.7. The molecule has 1 heterocycles. The van der Waals surface area contributed by atoms with Crippen molar-refractivity contribution in [3.05, 3.63) is 82.8 Å². The van der Waals surface area contributed by atoms with Gasteiger partial charge in [0.15, 0.2) is 0 Å². The average molecular weight is 447 g/mol. The van der Waals surface area contributed by atoms with Crippen LogP contribution in [-0.4, -0.2) is 24.8 Å². The van der Waals surface area contributed by atoms with E-state index in [0.717, 1.165) is 29.1 Å². The van der Waals surface area contributed by atoms with Gasteiger partial charge in [-0.1, -0.05) is 32.0 Å². The minimum atomic E-state index is -0.596. The first kappa shape index (κ1) is 22.3. The highest BCUT2D eigenvalue weighted by Crippen LogP contribution is 2.39. The van der Waals surface area contributed by atoms with Crippen LogP contribution in [0.25, 0.3) is 0 Å². The number of carbonyl (C=O) groups excluding carboxylic acids is 2. The first-order chi connectivity index (χ1) is 15.8. The number of para-hydroxylation sites is 1. The SMILES string of the molecule is COC(=O)c1ccc(OC(=O)c2oc3c(c2C)/C(=N\Nc2ccccc2)CC(C)(C)C3)cc1. The molecule has 7 nitrogen and oxygen atoms in total. The molecule has 0 spiro atoms. The van der Waals surface area contributed by atoms with E-state index in [2.05, 4.69) is 29.1 Å². The topological polar surface area (TPSA) is 90.1 Å². The molecule has 1 N–H and O–H groups in total. The zero-order valence-corrected chi connectivity index (χ0v) is 19.1. The van der Waals surface area contributed by atoms with Gasteiger partial charge in [0.1, 0.15) is 11.5 Å². The summed E-state index contributed by atoms with van der Waals surface area (Å²) in [6, 6.07) is 15.9. The number of nitrogens with zero attached hydrogens (tertiary/aromatic N) is 1. The number of carbonyl (C=O) groups is 2. The minimum Gasteiger partial charge on any atom is -0.465 e. The summed E-state index contributed by atoms with van der Waals surface area (Å²) in [6.45, 7) is 6.13. The largest absolute Gasteiger partial charge is 0.465 e. The molecule has 0 fully saturated rings. The summed E-state index contributed by atoms with van der Waals surface area (Å²) in [5.74, 6) is 0.135. The van der Waals surface area contributed by atoms with Gasteiger partial charge in [-0.15, -0.1) is 0 Å². The molecule has 170 valence electrons. The minimum absolute atomic E-state index is 0.0701. The van der Waals surface area contributed by atoms with Crippen molar-refractivity contribution in [1.29, 1.82) is 0 Å². The van der Waals surface area contributed by atoms with E-state index in [9.17, 15) is 9.59 Å². The fraction of sp³-hybridized carbons (Fsp3) is 0.269. The number of methoxy groups -OCH3 is 1. The number of fused-ring (bicyclic) bond motifs is 1. The van der Waals surface area contributed by atoms with Crippen LogP contribution in [0.5, 0.6) is 5.75 Å². The van der Waals surface area contributed by atoms with Crippen molar-refractivity contribution in [3.63, 3.8) is 0 Å². The number of anilines is 1. The Labute approximate surface area is 192 Å². The van der Waals surface area contributed by atoms with Crippen LogP contribution in [0.1, 0.15) is 58.1 Å². The van der Waals surface area contributed by atoms with E-state index in [1.165, 1.54) is 19.2 Å². The van der Waals surface area contributed by atoms with Gasteiger partial charge in [0.25, 0.3) is 0 Å². The molecule has 0 amide bonds. The van der Waals surface area contributed by atoms with Gasteiger partial charge in [-0.25, -0.2) is 9.59 Å².